The first-order valence-electron chi connectivity index (χ1n) is 8.04. The molecule has 0 unspecified atom stereocenters. The van der Waals surface area contributed by atoms with Gasteiger partial charge in [-0.25, -0.2) is 4.98 Å². The number of aliphatic hydroxyl groups is 1. The highest BCUT2D eigenvalue weighted by atomic mass is 16.5. The van der Waals surface area contributed by atoms with Crippen LogP contribution < -0.4 is 4.74 Å². The molecular weight excluding hydrogens is 316 g/mol. The van der Waals surface area contributed by atoms with E-state index in [1.54, 1.807) is 20.2 Å². The predicted octanol–water partition coefficient (Wildman–Crippen LogP) is 2.97. The van der Waals surface area contributed by atoms with Gasteiger partial charge in [0.05, 0.1) is 30.5 Å². The van der Waals surface area contributed by atoms with Crippen molar-refractivity contribution in [3.8, 4) is 17.0 Å². The maximum absolute atomic E-state index is 12.8. The molecule has 5 heteroatoms. The highest BCUT2D eigenvalue weighted by Crippen LogP contribution is 2.27. The summed E-state index contributed by atoms with van der Waals surface area (Å²) in [4.78, 5) is 19.0. The molecule has 5 nitrogen and oxygen atoms in total. The zero-order valence-corrected chi connectivity index (χ0v) is 14.3. The number of methoxy groups -OCH3 is 1. The van der Waals surface area contributed by atoms with Crippen LogP contribution in [0, 0.1) is 0 Å². The average Bonchev–Trinajstić information content (AvgIpc) is 2.66. The first kappa shape index (κ1) is 16.9. The Morgan fingerprint density at radius 1 is 1.16 bits per heavy atom. The van der Waals surface area contributed by atoms with Crippen LogP contribution in [0.25, 0.3) is 22.2 Å². The predicted molar refractivity (Wildman–Crippen MR) is 97.8 cm³/mol. The molecule has 128 valence electrons. The average molecular weight is 336 g/mol. The second-order valence-corrected chi connectivity index (χ2v) is 5.75. The monoisotopic (exact) mass is 336 g/mol. The van der Waals surface area contributed by atoms with Crippen molar-refractivity contribution in [2.24, 2.45) is 0 Å². The summed E-state index contributed by atoms with van der Waals surface area (Å²) in [6.07, 6.45) is 0. The molecule has 0 aliphatic rings. The second kappa shape index (κ2) is 7.32. The van der Waals surface area contributed by atoms with E-state index in [1.807, 2.05) is 48.5 Å². The number of hydrogen-bond acceptors (Lipinski definition) is 4. The van der Waals surface area contributed by atoms with E-state index in [0.29, 0.717) is 5.56 Å². The van der Waals surface area contributed by atoms with E-state index in [4.69, 9.17) is 9.84 Å². The topological polar surface area (TPSA) is 62.7 Å². The van der Waals surface area contributed by atoms with E-state index in [1.165, 1.54) is 4.90 Å². The standard InChI is InChI=1S/C20H20N2O3/c1-22(11-12-23)20(24)17-13-19(14-7-9-15(25-2)10-8-14)21-18-6-4-3-5-16(17)18/h3-10,13,23H,11-12H2,1-2H3. The number of fused-ring (bicyclic) bond motifs is 1. The van der Waals surface area contributed by atoms with Crippen molar-refractivity contribution in [1.29, 1.82) is 0 Å². The number of amides is 1. The molecule has 3 rings (SSSR count). The first-order valence-corrected chi connectivity index (χ1v) is 8.04. The number of para-hydroxylation sites is 1. The number of aliphatic hydroxyl groups excluding tert-OH is 1. The molecular formula is C20H20N2O3. The van der Waals surface area contributed by atoms with Crippen LogP contribution in [0.15, 0.2) is 54.6 Å². The lowest BCUT2D eigenvalue weighted by molar-refractivity contribution is 0.0769. The summed E-state index contributed by atoms with van der Waals surface area (Å²) in [6, 6.07) is 16.9. The van der Waals surface area contributed by atoms with Gasteiger partial charge in [0.2, 0.25) is 0 Å². The van der Waals surface area contributed by atoms with Crippen LogP contribution >= 0.6 is 0 Å². The fourth-order valence-electron chi connectivity index (χ4n) is 2.72. The third kappa shape index (κ3) is 3.46. The molecule has 1 amide bonds. The SMILES string of the molecule is COc1ccc(-c2cc(C(=O)N(C)CCO)c3ccccc3n2)cc1. The van der Waals surface area contributed by atoms with E-state index < -0.39 is 0 Å². The lowest BCUT2D eigenvalue weighted by Gasteiger charge is -2.17. The van der Waals surface area contributed by atoms with Gasteiger partial charge in [0.25, 0.3) is 5.91 Å². The van der Waals surface area contributed by atoms with Gasteiger partial charge in [-0.15, -0.1) is 0 Å². The summed E-state index contributed by atoms with van der Waals surface area (Å²) in [5, 5.41) is 9.91. The minimum atomic E-state index is -0.137. The van der Waals surface area contributed by atoms with Gasteiger partial charge in [0.1, 0.15) is 5.75 Å². The Morgan fingerprint density at radius 2 is 1.88 bits per heavy atom. The van der Waals surface area contributed by atoms with Crippen LogP contribution in [0.4, 0.5) is 0 Å². The van der Waals surface area contributed by atoms with Crippen LogP contribution in [0.2, 0.25) is 0 Å². The van der Waals surface area contributed by atoms with Crippen molar-refractivity contribution >= 4 is 16.8 Å². The van der Waals surface area contributed by atoms with Gasteiger partial charge < -0.3 is 14.7 Å². The summed E-state index contributed by atoms with van der Waals surface area (Å²) in [7, 11) is 3.30. The highest BCUT2D eigenvalue weighted by molar-refractivity contribution is 6.07. The molecule has 0 saturated heterocycles. The van der Waals surface area contributed by atoms with Crippen molar-refractivity contribution < 1.29 is 14.6 Å². The second-order valence-electron chi connectivity index (χ2n) is 5.75. The molecule has 0 aliphatic carbocycles. The lowest BCUT2D eigenvalue weighted by Crippen LogP contribution is -2.29. The summed E-state index contributed by atoms with van der Waals surface area (Å²) in [6.45, 7) is 0.212. The summed E-state index contributed by atoms with van der Waals surface area (Å²) in [5.41, 5.74) is 2.97. The number of carbonyl (C=O) groups is 1. The Balaban J connectivity index is 2.13. The quantitative estimate of drug-likeness (QED) is 0.778. The van der Waals surface area contributed by atoms with E-state index in [0.717, 1.165) is 27.9 Å². The van der Waals surface area contributed by atoms with Crippen molar-refractivity contribution in [2.75, 3.05) is 27.3 Å². The molecule has 0 spiro atoms. The number of ether oxygens (including phenoxy) is 1. The Hall–Kier alpha value is -2.92. The maximum atomic E-state index is 12.8. The largest absolute Gasteiger partial charge is 0.497 e. The van der Waals surface area contributed by atoms with Gasteiger partial charge in [-0.3, -0.25) is 4.79 Å². The van der Waals surface area contributed by atoms with Crippen LogP contribution in [0.3, 0.4) is 0 Å². The van der Waals surface area contributed by atoms with Gasteiger partial charge in [0, 0.05) is 24.5 Å². The van der Waals surface area contributed by atoms with Crippen molar-refractivity contribution in [1.82, 2.24) is 9.88 Å². The first-order chi connectivity index (χ1) is 12.1. The fourth-order valence-corrected chi connectivity index (χ4v) is 2.72. The van der Waals surface area contributed by atoms with Gasteiger partial charge in [-0.1, -0.05) is 18.2 Å². The van der Waals surface area contributed by atoms with Crippen molar-refractivity contribution in [3.05, 3.63) is 60.2 Å². The Kier molecular flexibility index (Phi) is 4.95. The van der Waals surface area contributed by atoms with E-state index in [2.05, 4.69) is 4.98 Å². The summed E-state index contributed by atoms with van der Waals surface area (Å²) < 4.78 is 5.19. The van der Waals surface area contributed by atoms with Gasteiger partial charge in [-0.2, -0.15) is 0 Å². The summed E-state index contributed by atoms with van der Waals surface area (Å²) >= 11 is 0. The van der Waals surface area contributed by atoms with Crippen LogP contribution in [0.5, 0.6) is 5.75 Å². The number of nitrogens with zero attached hydrogens (tertiary/aromatic N) is 2. The molecule has 1 heterocycles. The molecule has 1 aromatic heterocycles. The summed E-state index contributed by atoms with van der Waals surface area (Å²) in [5.74, 6) is 0.630. The van der Waals surface area contributed by atoms with E-state index in [-0.39, 0.29) is 19.1 Å². The zero-order chi connectivity index (χ0) is 17.8. The normalized spacial score (nSPS) is 10.7. The third-order valence-corrected chi connectivity index (χ3v) is 4.11. The number of carbonyl (C=O) groups excluding carboxylic acids is 1. The van der Waals surface area contributed by atoms with Gasteiger partial charge in [0.15, 0.2) is 0 Å². The number of hydrogen-bond donors (Lipinski definition) is 1. The minimum Gasteiger partial charge on any atom is -0.497 e. The van der Waals surface area contributed by atoms with Crippen LogP contribution in [-0.4, -0.2) is 48.2 Å². The van der Waals surface area contributed by atoms with Crippen LogP contribution in [-0.2, 0) is 0 Å². The molecule has 0 bridgehead atoms. The molecule has 0 radical (unpaired) electrons. The lowest BCUT2D eigenvalue weighted by atomic mass is 10.0. The smallest absolute Gasteiger partial charge is 0.254 e. The highest BCUT2D eigenvalue weighted by Gasteiger charge is 2.17. The molecule has 2 aromatic carbocycles. The Morgan fingerprint density at radius 3 is 2.56 bits per heavy atom. The molecule has 0 aliphatic heterocycles. The number of benzene rings is 2. The molecule has 1 N–H and O–H groups in total. The zero-order valence-electron chi connectivity index (χ0n) is 14.3. The van der Waals surface area contributed by atoms with E-state index >= 15 is 0 Å². The minimum absolute atomic E-state index is 0.0728. The number of likely N-dealkylation sites (N-methyl/N-ethyl adjacent to an activating group) is 1. The van der Waals surface area contributed by atoms with Gasteiger partial charge in [-0.05, 0) is 36.4 Å². The molecule has 0 atom stereocenters. The number of aromatic nitrogens is 1. The van der Waals surface area contributed by atoms with Gasteiger partial charge >= 0.3 is 0 Å². The Labute approximate surface area is 146 Å². The number of pyridine rings is 1. The number of rotatable bonds is 5. The van der Waals surface area contributed by atoms with Crippen LogP contribution in [0.1, 0.15) is 10.4 Å². The molecule has 0 fully saturated rings. The van der Waals surface area contributed by atoms with Crippen molar-refractivity contribution in [2.45, 2.75) is 0 Å². The Bertz CT molecular complexity index is 891. The molecule has 0 saturated carbocycles. The fraction of sp³-hybridized carbons (Fsp3) is 0.200. The maximum Gasteiger partial charge on any atom is 0.254 e. The third-order valence-electron chi connectivity index (χ3n) is 4.11. The van der Waals surface area contributed by atoms with E-state index in [9.17, 15) is 4.79 Å². The molecule has 3 aromatic rings. The van der Waals surface area contributed by atoms with Crippen molar-refractivity contribution in [3.63, 3.8) is 0 Å². The molecule has 25 heavy (non-hydrogen) atoms.